The molecule has 0 aromatic heterocycles. The van der Waals surface area contributed by atoms with Crippen molar-refractivity contribution in [1.29, 1.82) is 0 Å². The van der Waals surface area contributed by atoms with Crippen LogP contribution in [0.4, 0.5) is 0 Å². The average molecular weight is 453 g/mol. The maximum Gasteiger partial charge on any atom is 0.161 e. The Balaban J connectivity index is 1.87. The van der Waals surface area contributed by atoms with E-state index in [1.807, 2.05) is 32.0 Å². The lowest BCUT2D eigenvalue weighted by atomic mass is 9.90. The van der Waals surface area contributed by atoms with Gasteiger partial charge in [-0.1, -0.05) is 29.8 Å². The van der Waals surface area contributed by atoms with Gasteiger partial charge in [-0.2, -0.15) is 0 Å². The molecule has 0 saturated carbocycles. The molecule has 1 saturated heterocycles. The minimum absolute atomic E-state index is 0.478. The van der Waals surface area contributed by atoms with Gasteiger partial charge in [-0.05, 0) is 55.2 Å². The quantitative estimate of drug-likeness (QED) is 0.486. The minimum Gasteiger partial charge on any atom is -0.490 e. The van der Waals surface area contributed by atoms with Crippen LogP contribution in [0.15, 0.2) is 36.4 Å². The number of aliphatic hydroxyl groups is 4. The van der Waals surface area contributed by atoms with Crippen LogP contribution in [0.3, 0.4) is 0 Å². The zero-order valence-electron chi connectivity index (χ0n) is 17.6. The topological polar surface area (TPSA) is 109 Å². The lowest BCUT2D eigenvalue weighted by Gasteiger charge is -2.40. The first-order valence-corrected chi connectivity index (χ1v) is 10.7. The fraction of sp³-hybridized carbons (Fsp3) is 0.478. The Morgan fingerprint density at radius 1 is 0.903 bits per heavy atom. The van der Waals surface area contributed by atoms with Crippen LogP contribution in [0.25, 0.3) is 0 Å². The molecule has 8 heteroatoms. The predicted molar refractivity (Wildman–Crippen MR) is 116 cm³/mol. The van der Waals surface area contributed by atoms with Gasteiger partial charge in [-0.25, -0.2) is 0 Å². The third kappa shape index (κ3) is 5.31. The molecule has 170 valence electrons. The van der Waals surface area contributed by atoms with Crippen LogP contribution in [-0.2, 0) is 11.2 Å². The lowest BCUT2D eigenvalue weighted by Crippen LogP contribution is -2.55. The number of benzene rings is 2. The van der Waals surface area contributed by atoms with Gasteiger partial charge in [0.15, 0.2) is 11.5 Å². The zero-order valence-corrected chi connectivity index (χ0v) is 18.3. The second kappa shape index (κ2) is 10.6. The smallest absolute Gasteiger partial charge is 0.161 e. The molecular formula is C23H29ClO7. The van der Waals surface area contributed by atoms with Crippen LogP contribution >= 0.6 is 11.6 Å². The van der Waals surface area contributed by atoms with E-state index in [2.05, 4.69) is 0 Å². The summed E-state index contributed by atoms with van der Waals surface area (Å²) >= 11 is 6.42. The van der Waals surface area contributed by atoms with Crippen LogP contribution in [0.2, 0.25) is 5.02 Å². The Labute approximate surface area is 186 Å². The Kier molecular flexibility index (Phi) is 8.16. The maximum absolute atomic E-state index is 10.4. The zero-order chi connectivity index (χ0) is 22.5. The molecule has 0 spiro atoms. The first-order valence-electron chi connectivity index (χ1n) is 10.4. The molecular weight excluding hydrogens is 424 g/mol. The largest absolute Gasteiger partial charge is 0.490 e. The van der Waals surface area contributed by atoms with Crippen molar-refractivity contribution in [2.24, 2.45) is 0 Å². The monoisotopic (exact) mass is 452 g/mol. The Bertz CT molecular complexity index is 873. The van der Waals surface area contributed by atoms with Gasteiger partial charge in [0.2, 0.25) is 0 Å². The third-order valence-electron chi connectivity index (χ3n) is 5.29. The highest BCUT2D eigenvalue weighted by Crippen LogP contribution is 2.35. The summed E-state index contributed by atoms with van der Waals surface area (Å²) in [4.78, 5) is 0. The van der Waals surface area contributed by atoms with E-state index in [1.54, 1.807) is 18.2 Å². The molecule has 2 aromatic carbocycles. The molecule has 31 heavy (non-hydrogen) atoms. The standard InChI is InChI=1S/C23H29ClO7/c1-3-29-17-8-5-13(10-18(17)30-4-2)9-15-11-14(6-7-16(15)24)23-22(28)21(27)20(26)19(12-25)31-23/h5-8,10-11,19-23,25-28H,3-4,9,12H2,1-2H3/t19-,20-,21+,22-,23+/m1/s1. The van der Waals surface area contributed by atoms with E-state index in [-0.39, 0.29) is 0 Å². The van der Waals surface area contributed by atoms with Crippen molar-refractivity contribution in [2.45, 2.75) is 50.8 Å². The van der Waals surface area contributed by atoms with Crippen molar-refractivity contribution < 1.29 is 34.6 Å². The number of halogens is 1. The summed E-state index contributed by atoms with van der Waals surface area (Å²) in [7, 11) is 0. The molecule has 5 atom stereocenters. The van der Waals surface area contributed by atoms with E-state index in [1.165, 1.54) is 0 Å². The normalized spacial score (nSPS) is 26.0. The first-order chi connectivity index (χ1) is 14.9. The van der Waals surface area contributed by atoms with E-state index in [4.69, 9.17) is 25.8 Å². The highest BCUT2D eigenvalue weighted by molar-refractivity contribution is 6.31. The van der Waals surface area contributed by atoms with Crippen molar-refractivity contribution in [3.63, 3.8) is 0 Å². The molecule has 0 bridgehead atoms. The Hall–Kier alpha value is -1.87. The molecule has 2 aromatic rings. The van der Waals surface area contributed by atoms with E-state index in [9.17, 15) is 20.4 Å². The minimum atomic E-state index is -1.44. The summed E-state index contributed by atoms with van der Waals surface area (Å²) in [5, 5.41) is 40.5. The molecule has 1 aliphatic heterocycles. The van der Waals surface area contributed by atoms with Crippen molar-refractivity contribution >= 4 is 11.6 Å². The molecule has 0 amide bonds. The van der Waals surface area contributed by atoms with Crippen LogP contribution in [-0.4, -0.2) is 64.7 Å². The SMILES string of the molecule is CCOc1ccc(Cc2cc([C@@H]3O[C@H](CO)[C@@H](O)[C@H](O)[C@H]3O)ccc2Cl)cc1OCC. The van der Waals surface area contributed by atoms with Gasteiger partial charge in [0, 0.05) is 5.02 Å². The van der Waals surface area contributed by atoms with Gasteiger partial charge in [0.05, 0.1) is 19.8 Å². The molecule has 1 heterocycles. The van der Waals surface area contributed by atoms with Crippen molar-refractivity contribution in [1.82, 2.24) is 0 Å². The molecule has 3 rings (SSSR count). The van der Waals surface area contributed by atoms with Crippen molar-refractivity contribution in [3.8, 4) is 11.5 Å². The molecule has 0 unspecified atom stereocenters. The van der Waals surface area contributed by atoms with Crippen LogP contribution in [0, 0.1) is 0 Å². The first kappa shape index (κ1) is 23.8. The summed E-state index contributed by atoms with van der Waals surface area (Å²) in [5.74, 6) is 1.33. The van der Waals surface area contributed by atoms with Crippen LogP contribution in [0.1, 0.15) is 36.6 Å². The Morgan fingerprint density at radius 2 is 1.61 bits per heavy atom. The Morgan fingerprint density at radius 3 is 2.29 bits per heavy atom. The molecule has 1 aliphatic rings. The predicted octanol–water partition coefficient (Wildman–Crippen LogP) is 2.24. The second-order valence-electron chi connectivity index (χ2n) is 7.42. The van der Waals surface area contributed by atoms with Gasteiger partial charge in [-0.15, -0.1) is 0 Å². The maximum atomic E-state index is 10.4. The number of rotatable bonds is 8. The van der Waals surface area contributed by atoms with Crippen molar-refractivity contribution in [2.75, 3.05) is 19.8 Å². The summed E-state index contributed by atoms with van der Waals surface area (Å²) in [6.07, 6.45) is -5.56. The van der Waals surface area contributed by atoms with E-state index in [0.717, 1.165) is 11.1 Å². The highest BCUT2D eigenvalue weighted by Gasteiger charge is 2.44. The number of hydrogen-bond donors (Lipinski definition) is 4. The highest BCUT2D eigenvalue weighted by atomic mass is 35.5. The van der Waals surface area contributed by atoms with E-state index < -0.39 is 37.1 Å². The second-order valence-corrected chi connectivity index (χ2v) is 7.83. The molecule has 4 N–H and O–H groups in total. The van der Waals surface area contributed by atoms with Gasteiger partial charge < -0.3 is 34.6 Å². The van der Waals surface area contributed by atoms with Gasteiger partial charge in [-0.3, -0.25) is 0 Å². The average Bonchev–Trinajstić information content (AvgIpc) is 2.76. The van der Waals surface area contributed by atoms with Crippen LogP contribution in [0.5, 0.6) is 11.5 Å². The van der Waals surface area contributed by atoms with Crippen molar-refractivity contribution in [3.05, 3.63) is 58.1 Å². The van der Waals surface area contributed by atoms with Gasteiger partial charge in [0.1, 0.15) is 30.5 Å². The van der Waals surface area contributed by atoms with Crippen LogP contribution < -0.4 is 9.47 Å². The van der Waals surface area contributed by atoms with Gasteiger partial charge in [0.25, 0.3) is 0 Å². The lowest BCUT2D eigenvalue weighted by molar-refractivity contribution is -0.231. The fourth-order valence-corrected chi connectivity index (χ4v) is 3.89. The summed E-state index contributed by atoms with van der Waals surface area (Å²) in [5.41, 5.74) is 2.34. The van der Waals surface area contributed by atoms with Gasteiger partial charge >= 0.3 is 0 Å². The third-order valence-corrected chi connectivity index (χ3v) is 5.66. The summed E-state index contributed by atoms with van der Waals surface area (Å²) in [6.45, 7) is 4.38. The summed E-state index contributed by atoms with van der Waals surface area (Å²) < 4.78 is 17.0. The number of hydrogen-bond acceptors (Lipinski definition) is 7. The summed E-state index contributed by atoms with van der Waals surface area (Å²) in [6, 6.07) is 10.9. The number of ether oxygens (including phenoxy) is 3. The fourth-order valence-electron chi connectivity index (χ4n) is 3.71. The van der Waals surface area contributed by atoms with E-state index in [0.29, 0.717) is 41.7 Å². The van der Waals surface area contributed by atoms with E-state index >= 15 is 0 Å². The molecule has 1 fully saturated rings. The molecule has 0 radical (unpaired) electrons. The molecule has 0 aliphatic carbocycles. The number of aliphatic hydroxyl groups excluding tert-OH is 4. The molecule has 7 nitrogen and oxygen atoms in total.